The summed E-state index contributed by atoms with van der Waals surface area (Å²) in [7, 11) is 1.38. The number of aromatic nitrogens is 1. The first kappa shape index (κ1) is 23.1. The standard InChI is InChI=1S/C27H33NO5/c1-17-20(26(30)31-5)11-12-21-23(18-9-7-6-8-10-18)25(19-13-14-32-16-19)28(24(17)21)15-22(29)33-27(2,3)4/h11-14,16,18H,6-10,15H2,1-5H3. The van der Waals surface area contributed by atoms with Crippen molar-refractivity contribution in [3.63, 3.8) is 0 Å². The fraction of sp³-hybridized carbons (Fsp3) is 0.481. The first-order chi connectivity index (χ1) is 15.7. The van der Waals surface area contributed by atoms with Gasteiger partial charge in [-0.2, -0.15) is 0 Å². The molecule has 1 fully saturated rings. The molecule has 176 valence electrons. The maximum Gasteiger partial charge on any atom is 0.338 e. The van der Waals surface area contributed by atoms with E-state index in [1.165, 1.54) is 31.9 Å². The Morgan fingerprint density at radius 2 is 1.85 bits per heavy atom. The van der Waals surface area contributed by atoms with Gasteiger partial charge in [-0.25, -0.2) is 4.79 Å². The molecule has 1 saturated carbocycles. The Labute approximate surface area is 194 Å². The zero-order valence-corrected chi connectivity index (χ0v) is 20.2. The Kier molecular flexibility index (Phi) is 6.37. The number of hydrogen-bond donors (Lipinski definition) is 0. The van der Waals surface area contributed by atoms with Gasteiger partial charge in [-0.05, 0) is 69.7 Å². The fourth-order valence-corrected chi connectivity index (χ4v) is 5.16. The van der Waals surface area contributed by atoms with Crippen LogP contribution in [0.25, 0.3) is 22.2 Å². The van der Waals surface area contributed by atoms with Crippen molar-refractivity contribution in [1.29, 1.82) is 0 Å². The molecule has 3 aromatic rings. The van der Waals surface area contributed by atoms with Crippen molar-refractivity contribution in [1.82, 2.24) is 4.57 Å². The quantitative estimate of drug-likeness (QED) is 0.421. The van der Waals surface area contributed by atoms with Crippen LogP contribution in [0.2, 0.25) is 0 Å². The average molecular weight is 452 g/mol. The van der Waals surface area contributed by atoms with E-state index in [0.717, 1.165) is 40.6 Å². The number of esters is 2. The van der Waals surface area contributed by atoms with Crippen LogP contribution in [-0.2, 0) is 20.8 Å². The van der Waals surface area contributed by atoms with E-state index in [1.807, 2.05) is 50.5 Å². The van der Waals surface area contributed by atoms with Crippen LogP contribution in [0.3, 0.4) is 0 Å². The number of benzene rings is 1. The van der Waals surface area contributed by atoms with Crippen LogP contribution in [0.4, 0.5) is 0 Å². The topological polar surface area (TPSA) is 70.7 Å². The molecule has 33 heavy (non-hydrogen) atoms. The lowest BCUT2D eigenvalue weighted by molar-refractivity contribution is -0.155. The van der Waals surface area contributed by atoms with Gasteiger partial charge in [-0.3, -0.25) is 4.79 Å². The summed E-state index contributed by atoms with van der Waals surface area (Å²) < 4.78 is 18.2. The van der Waals surface area contributed by atoms with Gasteiger partial charge in [0.15, 0.2) is 0 Å². The van der Waals surface area contributed by atoms with E-state index in [4.69, 9.17) is 13.9 Å². The molecule has 2 aromatic heterocycles. The SMILES string of the molecule is COC(=O)c1ccc2c(C3CCCCC3)c(-c3ccoc3)n(CC(=O)OC(C)(C)C)c2c1C. The van der Waals surface area contributed by atoms with Crippen LogP contribution in [0, 0.1) is 6.92 Å². The third-order valence-corrected chi connectivity index (χ3v) is 6.44. The predicted octanol–water partition coefficient (Wildman–Crippen LogP) is 6.39. The minimum atomic E-state index is -0.589. The lowest BCUT2D eigenvalue weighted by atomic mass is 9.82. The molecule has 1 aliphatic rings. The van der Waals surface area contributed by atoms with Crippen molar-refractivity contribution in [2.75, 3.05) is 7.11 Å². The number of carbonyl (C=O) groups is 2. The third kappa shape index (κ3) is 4.56. The van der Waals surface area contributed by atoms with Gasteiger partial charge in [0, 0.05) is 10.9 Å². The molecule has 0 N–H and O–H groups in total. The number of ether oxygens (including phenoxy) is 2. The summed E-state index contributed by atoms with van der Waals surface area (Å²) in [6.45, 7) is 7.56. The molecule has 4 rings (SSSR count). The number of methoxy groups -OCH3 is 1. The Morgan fingerprint density at radius 3 is 2.45 bits per heavy atom. The van der Waals surface area contributed by atoms with Gasteiger partial charge < -0.3 is 18.5 Å². The van der Waals surface area contributed by atoms with Crippen molar-refractivity contribution in [3.8, 4) is 11.3 Å². The van der Waals surface area contributed by atoms with Crippen LogP contribution in [0.15, 0.2) is 35.1 Å². The number of hydrogen-bond acceptors (Lipinski definition) is 5. The highest BCUT2D eigenvalue weighted by Gasteiger charge is 2.30. The minimum Gasteiger partial charge on any atom is -0.472 e. The second-order valence-electron chi connectivity index (χ2n) is 9.91. The molecule has 6 heteroatoms. The molecular formula is C27H33NO5. The fourth-order valence-electron chi connectivity index (χ4n) is 5.16. The monoisotopic (exact) mass is 451 g/mol. The lowest BCUT2D eigenvalue weighted by Crippen LogP contribution is -2.26. The van der Waals surface area contributed by atoms with Crippen LogP contribution in [0.1, 0.15) is 80.3 Å². The van der Waals surface area contributed by atoms with Gasteiger partial charge in [0.2, 0.25) is 0 Å². The highest BCUT2D eigenvalue weighted by molar-refractivity contribution is 6.02. The van der Waals surface area contributed by atoms with E-state index < -0.39 is 5.60 Å². The van der Waals surface area contributed by atoms with Crippen molar-refractivity contribution in [2.45, 2.75) is 77.9 Å². The molecule has 2 heterocycles. The second-order valence-corrected chi connectivity index (χ2v) is 9.91. The first-order valence-electron chi connectivity index (χ1n) is 11.7. The maximum absolute atomic E-state index is 13.0. The molecular weight excluding hydrogens is 418 g/mol. The van der Waals surface area contributed by atoms with Gasteiger partial charge in [0.25, 0.3) is 0 Å². The van der Waals surface area contributed by atoms with E-state index in [2.05, 4.69) is 0 Å². The zero-order chi connectivity index (χ0) is 23.8. The predicted molar refractivity (Wildman–Crippen MR) is 127 cm³/mol. The Morgan fingerprint density at radius 1 is 1.12 bits per heavy atom. The number of nitrogens with zero attached hydrogens (tertiary/aromatic N) is 1. The van der Waals surface area contributed by atoms with Gasteiger partial charge >= 0.3 is 11.9 Å². The first-order valence-corrected chi connectivity index (χ1v) is 11.7. The molecule has 6 nitrogen and oxygen atoms in total. The largest absolute Gasteiger partial charge is 0.472 e. The molecule has 0 spiro atoms. The summed E-state index contributed by atoms with van der Waals surface area (Å²) >= 11 is 0. The Balaban J connectivity index is 2.00. The van der Waals surface area contributed by atoms with Gasteiger partial charge in [-0.15, -0.1) is 0 Å². The number of rotatable bonds is 5. The molecule has 0 aliphatic heterocycles. The van der Waals surface area contributed by atoms with Gasteiger partial charge in [0.1, 0.15) is 12.1 Å². The molecule has 0 bridgehead atoms. The van der Waals surface area contributed by atoms with Crippen molar-refractivity contribution in [2.24, 2.45) is 0 Å². The summed E-state index contributed by atoms with van der Waals surface area (Å²) in [6, 6.07) is 5.78. The molecule has 0 unspecified atom stereocenters. The number of furan rings is 1. The minimum absolute atomic E-state index is 0.0481. The van der Waals surface area contributed by atoms with E-state index >= 15 is 0 Å². The number of carbonyl (C=O) groups excluding carboxylic acids is 2. The van der Waals surface area contributed by atoms with Crippen molar-refractivity contribution in [3.05, 3.63) is 47.4 Å². The Bertz CT molecular complexity index is 1160. The van der Waals surface area contributed by atoms with E-state index in [-0.39, 0.29) is 18.5 Å². The molecule has 0 atom stereocenters. The van der Waals surface area contributed by atoms with Crippen LogP contribution in [0.5, 0.6) is 0 Å². The van der Waals surface area contributed by atoms with E-state index in [0.29, 0.717) is 11.5 Å². The van der Waals surface area contributed by atoms with E-state index in [9.17, 15) is 9.59 Å². The van der Waals surface area contributed by atoms with Crippen LogP contribution in [-0.4, -0.2) is 29.2 Å². The van der Waals surface area contributed by atoms with Crippen LogP contribution >= 0.6 is 0 Å². The smallest absolute Gasteiger partial charge is 0.338 e. The summed E-state index contributed by atoms with van der Waals surface area (Å²) in [6.07, 6.45) is 9.22. The van der Waals surface area contributed by atoms with Gasteiger partial charge in [0.05, 0.1) is 36.4 Å². The summed E-state index contributed by atoms with van der Waals surface area (Å²) in [5, 5.41) is 1.08. The normalized spacial score (nSPS) is 15.1. The summed E-state index contributed by atoms with van der Waals surface area (Å²) in [5.41, 5.74) is 4.72. The summed E-state index contributed by atoms with van der Waals surface area (Å²) in [4.78, 5) is 25.5. The second kappa shape index (κ2) is 9.08. The molecule has 0 radical (unpaired) electrons. The summed E-state index contributed by atoms with van der Waals surface area (Å²) in [5.74, 6) is -0.319. The third-order valence-electron chi connectivity index (χ3n) is 6.44. The Hall–Kier alpha value is -3.02. The lowest BCUT2D eigenvalue weighted by Gasteiger charge is -2.23. The van der Waals surface area contributed by atoms with Crippen LogP contribution < -0.4 is 0 Å². The molecule has 1 aliphatic carbocycles. The molecule has 1 aromatic carbocycles. The number of aryl methyl sites for hydroxylation is 1. The number of fused-ring (bicyclic) bond motifs is 1. The highest BCUT2D eigenvalue weighted by atomic mass is 16.6. The molecule has 0 amide bonds. The van der Waals surface area contributed by atoms with Gasteiger partial charge in [-0.1, -0.05) is 25.3 Å². The molecule has 0 saturated heterocycles. The maximum atomic E-state index is 13.0. The van der Waals surface area contributed by atoms with E-state index in [1.54, 1.807) is 12.5 Å². The van der Waals surface area contributed by atoms with Crippen molar-refractivity contribution >= 4 is 22.8 Å². The average Bonchev–Trinajstić information content (AvgIpc) is 3.39. The van der Waals surface area contributed by atoms with Crippen molar-refractivity contribution < 1.29 is 23.5 Å². The zero-order valence-electron chi connectivity index (χ0n) is 20.2. The highest BCUT2D eigenvalue weighted by Crippen LogP contribution is 2.45.